The third-order valence-corrected chi connectivity index (χ3v) is 5.92. The highest BCUT2D eigenvalue weighted by atomic mass is 16.6. The Morgan fingerprint density at radius 3 is 2.64 bits per heavy atom. The summed E-state index contributed by atoms with van der Waals surface area (Å²) in [5, 5.41) is 22.7. The number of amides is 1. The predicted octanol–water partition coefficient (Wildman–Crippen LogP) is 4.71. The number of rotatable bonds is 8. The van der Waals surface area contributed by atoms with Crippen LogP contribution in [0.5, 0.6) is 5.75 Å². The summed E-state index contributed by atoms with van der Waals surface area (Å²) in [4.78, 5) is 42.6. The van der Waals surface area contributed by atoms with E-state index in [1.807, 2.05) is 13.8 Å². The highest BCUT2D eigenvalue weighted by molar-refractivity contribution is 6.46. The number of hydrogen-bond donors (Lipinski definition) is 1. The lowest BCUT2D eigenvalue weighted by molar-refractivity contribution is -0.384. The average Bonchev–Trinajstić information content (AvgIpc) is 3.13. The third-order valence-electron chi connectivity index (χ3n) is 5.92. The lowest BCUT2D eigenvalue weighted by Crippen LogP contribution is -2.29. The zero-order valence-electron chi connectivity index (χ0n) is 19.9. The first kappa shape index (κ1) is 24.6. The number of carbonyl (C=O) groups excluding carboxylic acids is 2. The van der Waals surface area contributed by atoms with Crippen LogP contribution in [-0.2, 0) is 16.1 Å². The van der Waals surface area contributed by atoms with E-state index in [1.54, 1.807) is 48.8 Å². The molecule has 1 saturated heterocycles. The number of non-ortho nitro benzene ring substituents is 1. The zero-order chi connectivity index (χ0) is 25.8. The van der Waals surface area contributed by atoms with Crippen LogP contribution in [0, 0.1) is 17.0 Å². The fourth-order valence-corrected chi connectivity index (χ4v) is 4.21. The number of Topliss-reactive ketones (excluding diaryl/α,β-unsaturated/α-hetero) is 1. The topological polar surface area (TPSA) is 123 Å². The maximum absolute atomic E-state index is 13.2. The molecule has 1 amide bonds. The Hall–Kier alpha value is -4.53. The summed E-state index contributed by atoms with van der Waals surface area (Å²) in [5.41, 5.74) is 1.78. The minimum atomic E-state index is -1.03. The molecule has 0 saturated carbocycles. The van der Waals surface area contributed by atoms with Crippen LogP contribution in [-0.4, -0.2) is 38.2 Å². The Bertz CT molecular complexity index is 1350. The van der Waals surface area contributed by atoms with Crippen molar-refractivity contribution in [3.8, 4) is 5.75 Å². The van der Waals surface area contributed by atoms with Crippen LogP contribution in [0.3, 0.4) is 0 Å². The molecule has 1 unspecified atom stereocenters. The summed E-state index contributed by atoms with van der Waals surface area (Å²) in [6.45, 7) is 4.39. The molecule has 1 atom stereocenters. The predicted molar refractivity (Wildman–Crippen MR) is 132 cm³/mol. The number of nitrogens with zero attached hydrogens (tertiary/aromatic N) is 3. The van der Waals surface area contributed by atoms with Crippen LogP contribution >= 0.6 is 0 Å². The van der Waals surface area contributed by atoms with Crippen LogP contribution in [0.2, 0.25) is 0 Å². The van der Waals surface area contributed by atoms with Gasteiger partial charge in [-0.2, -0.15) is 0 Å². The van der Waals surface area contributed by atoms with E-state index < -0.39 is 22.7 Å². The molecule has 2 heterocycles. The van der Waals surface area contributed by atoms with Crippen molar-refractivity contribution in [1.29, 1.82) is 0 Å². The van der Waals surface area contributed by atoms with E-state index in [9.17, 15) is 24.8 Å². The molecule has 9 nitrogen and oxygen atoms in total. The molecular formula is C27H25N3O6. The molecule has 1 aromatic heterocycles. The molecule has 184 valence electrons. The maximum atomic E-state index is 13.2. The number of aryl methyl sites for hydroxylation is 1. The number of ketones is 1. The number of nitro benzene ring substituents is 1. The van der Waals surface area contributed by atoms with Gasteiger partial charge >= 0.3 is 0 Å². The summed E-state index contributed by atoms with van der Waals surface area (Å²) in [6.07, 6.45) is 4.00. The SMILES string of the molecule is CCCOc1ccc(C(O)=C2C(=O)C(=O)N(Cc3cccnc3)C2c2cccc([N+](=O)[O-])c2)cc1C. The lowest BCUT2D eigenvalue weighted by atomic mass is 9.94. The van der Waals surface area contributed by atoms with Crippen molar-refractivity contribution in [1.82, 2.24) is 9.88 Å². The number of nitro groups is 1. The zero-order valence-corrected chi connectivity index (χ0v) is 19.9. The van der Waals surface area contributed by atoms with Gasteiger partial charge in [-0.05, 0) is 54.3 Å². The fraction of sp³-hybridized carbons (Fsp3) is 0.222. The van der Waals surface area contributed by atoms with Gasteiger partial charge in [0.25, 0.3) is 17.4 Å². The van der Waals surface area contributed by atoms with Gasteiger partial charge in [-0.25, -0.2) is 0 Å². The van der Waals surface area contributed by atoms with Crippen LogP contribution in [0.25, 0.3) is 5.76 Å². The van der Waals surface area contributed by atoms with Gasteiger partial charge in [0.1, 0.15) is 11.5 Å². The fourth-order valence-electron chi connectivity index (χ4n) is 4.21. The number of aromatic nitrogens is 1. The molecule has 0 radical (unpaired) electrons. The van der Waals surface area contributed by atoms with Crippen molar-refractivity contribution < 1.29 is 24.4 Å². The molecule has 1 aliphatic heterocycles. The largest absolute Gasteiger partial charge is 0.507 e. The molecule has 0 aliphatic carbocycles. The van der Waals surface area contributed by atoms with E-state index in [0.717, 1.165) is 12.0 Å². The van der Waals surface area contributed by atoms with E-state index in [0.29, 0.717) is 29.0 Å². The van der Waals surface area contributed by atoms with Crippen LogP contribution < -0.4 is 4.74 Å². The van der Waals surface area contributed by atoms with Gasteiger partial charge < -0.3 is 14.7 Å². The number of hydrogen-bond acceptors (Lipinski definition) is 7. The van der Waals surface area contributed by atoms with Crippen LogP contribution in [0.15, 0.2) is 72.6 Å². The number of ether oxygens (including phenoxy) is 1. The Balaban J connectivity index is 1.85. The molecule has 36 heavy (non-hydrogen) atoms. The maximum Gasteiger partial charge on any atom is 0.295 e. The normalized spacial score (nSPS) is 16.8. The molecular weight excluding hydrogens is 462 g/mol. The summed E-state index contributed by atoms with van der Waals surface area (Å²) >= 11 is 0. The standard InChI is InChI=1S/C27H25N3O6/c1-3-12-36-22-10-9-20(13-17(22)2)25(31)23-24(19-7-4-8-21(14-19)30(34)35)29(27(33)26(23)32)16-18-6-5-11-28-15-18/h4-11,13-15,24,31H,3,12,16H2,1-2H3. The Labute approximate surface area is 207 Å². The Morgan fingerprint density at radius 1 is 1.17 bits per heavy atom. The first-order chi connectivity index (χ1) is 17.3. The van der Waals surface area contributed by atoms with E-state index in [4.69, 9.17) is 4.74 Å². The second-order valence-electron chi connectivity index (χ2n) is 8.47. The molecule has 9 heteroatoms. The van der Waals surface area contributed by atoms with Crippen molar-refractivity contribution >= 4 is 23.1 Å². The average molecular weight is 488 g/mol. The van der Waals surface area contributed by atoms with Gasteiger partial charge in [-0.3, -0.25) is 24.7 Å². The van der Waals surface area contributed by atoms with E-state index in [2.05, 4.69) is 4.98 Å². The molecule has 2 aromatic carbocycles. The van der Waals surface area contributed by atoms with Gasteiger partial charge in [0.2, 0.25) is 0 Å². The number of aliphatic hydroxyl groups excluding tert-OH is 1. The van der Waals surface area contributed by atoms with Gasteiger partial charge in [-0.15, -0.1) is 0 Å². The van der Waals surface area contributed by atoms with Crippen molar-refractivity contribution in [2.75, 3.05) is 6.61 Å². The van der Waals surface area contributed by atoms with Crippen LogP contribution in [0.1, 0.15) is 41.6 Å². The molecule has 4 rings (SSSR count). The van der Waals surface area contributed by atoms with Gasteiger partial charge in [0, 0.05) is 36.6 Å². The highest BCUT2D eigenvalue weighted by Crippen LogP contribution is 2.41. The van der Waals surface area contributed by atoms with Crippen molar-refractivity contribution in [3.05, 3.63) is 105 Å². The molecule has 0 spiro atoms. The van der Waals surface area contributed by atoms with Gasteiger partial charge in [0.15, 0.2) is 0 Å². The van der Waals surface area contributed by atoms with E-state index >= 15 is 0 Å². The monoisotopic (exact) mass is 487 g/mol. The molecule has 1 N–H and O–H groups in total. The third kappa shape index (κ3) is 4.81. The Kier molecular flexibility index (Phi) is 7.10. The van der Waals surface area contributed by atoms with Crippen molar-refractivity contribution in [2.24, 2.45) is 0 Å². The first-order valence-corrected chi connectivity index (χ1v) is 11.5. The lowest BCUT2D eigenvalue weighted by Gasteiger charge is -2.25. The van der Waals surface area contributed by atoms with Gasteiger partial charge in [-0.1, -0.05) is 25.1 Å². The molecule has 1 aliphatic rings. The Morgan fingerprint density at radius 2 is 1.97 bits per heavy atom. The van der Waals surface area contributed by atoms with E-state index in [-0.39, 0.29) is 23.6 Å². The minimum Gasteiger partial charge on any atom is -0.507 e. The second kappa shape index (κ2) is 10.4. The molecule has 1 fully saturated rings. The smallest absolute Gasteiger partial charge is 0.295 e. The van der Waals surface area contributed by atoms with Crippen LogP contribution in [0.4, 0.5) is 5.69 Å². The number of pyridine rings is 1. The van der Waals surface area contributed by atoms with Crippen molar-refractivity contribution in [2.45, 2.75) is 32.9 Å². The first-order valence-electron chi connectivity index (χ1n) is 11.5. The summed E-state index contributed by atoms with van der Waals surface area (Å²) in [7, 11) is 0. The molecule has 0 bridgehead atoms. The summed E-state index contributed by atoms with van der Waals surface area (Å²) in [6, 6.07) is 13.2. The van der Waals surface area contributed by atoms with Crippen molar-refractivity contribution in [3.63, 3.8) is 0 Å². The second-order valence-corrected chi connectivity index (χ2v) is 8.47. The number of aliphatic hydroxyl groups is 1. The van der Waals surface area contributed by atoms with Gasteiger partial charge in [0.05, 0.1) is 23.1 Å². The summed E-state index contributed by atoms with van der Waals surface area (Å²) < 4.78 is 5.70. The summed E-state index contributed by atoms with van der Waals surface area (Å²) in [5.74, 6) is -1.38. The van der Waals surface area contributed by atoms with E-state index in [1.165, 1.54) is 23.1 Å². The molecule has 3 aromatic rings. The minimum absolute atomic E-state index is 0.0331. The number of likely N-dealkylation sites (tertiary alicyclic amines) is 1. The highest BCUT2D eigenvalue weighted by Gasteiger charge is 2.46. The number of benzene rings is 2. The number of carbonyl (C=O) groups is 2. The quantitative estimate of drug-likeness (QED) is 0.160.